The molecule has 0 saturated heterocycles. The molecule has 0 radical (unpaired) electrons. The van der Waals surface area contributed by atoms with Crippen LogP contribution in [0.15, 0.2) is 48.5 Å². The number of rotatable bonds is 5. The standard InChI is InChI=1S/C17H20FNO/c1-17(19,11-13-5-3-7-15(18)9-13)12-14-6-4-8-16(10-14)20-2/h3-10H,11-12,19H2,1-2H3. The second kappa shape index (κ2) is 6.06. The van der Waals surface area contributed by atoms with Crippen molar-refractivity contribution in [2.45, 2.75) is 25.3 Å². The maximum atomic E-state index is 13.2. The smallest absolute Gasteiger partial charge is 0.123 e. The molecule has 0 aromatic heterocycles. The summed E-state index contributed by atoms with van der Waals surface area (Å²) >= 11 is 0. The highest BCUT2D eigenvalue weighted by atomic mass is 19.1. The molecule has 106 valence electrons. The Morgan fingerprint density at radius 2 is 1.65 bits per heavy atom. The van der Waals surface area contributed by atoms with Gasteiger partial charge in [-0.1, -0.05) is 24.3 Å². The van der Waals surface area contributed by atoms with Gasteiger partial charge in [0.2, 0.25) is 0 Å². The predicted molar refractivity (Wildman–Crippen MR) is 79.4 cm³/mol. The maximum absolute atomic E-state index is 13.2. The molecule has 1 unspecified atom stereocenters. The molecule has 0 heterocycles. The van der Waals surface area contributed by atoms with Crippen molar-refractivity contribution >= 4 is 0 Å². The first-order chi connectivity index (χ1) is 9.48. The van der Waals surface area contributed by atoms with Gasteiger partial charge in [0.1, 0.15) is 11.6 Å². The molecule has 0 aliphatic heterocycles. The number of nitrogens with two attached hydrogens (primary N) is 1. The van der Waals surface area contributed by atoms with E-state index in [1.165, 1.54) is 12.1 Å². The Bertz CT molecular complexity index is 581. The van der Waals surface area contributed by atoms with Crippen LogP contribution in [-0.2, 0) is 12.8 Å². The van der Waals surface area contributed by atoms with Crippen LogP contribution in [0.3, 0.4) is 0 Å². The SMILES string of the molecule is COc1cccc(CC(C)(N)Cc2cccc(F)c2)c1. The molecular weight excluding hydrogens is 253 g/mol. The summed E-state index contributed by atoms with van der Waals surface area (Å²) in [4.78, 5) is 0. The number of hydrogen-bond acceptors (Lipinski definition) is 2. The third kappa shape index (κ3) is 4.07. The molecule has 1 atom stereocenters. The number of benzene rings is 2. The summed E-state index contributed by atoms with van der Waals surface area (Å²) in [5.41, 5.74) is 7.96. The highest BCUT2D eigenvalue weighted by molar-refractivity contribution is 5.30. The fourth-order valence-corrected chi connectivity index (χ4v) is 2.42. The summed E-state index contributed by atoms with van der Waals surface area (Å²) < 4.78 is 18.4. The lowest BCUT2D eigenvalue weighted by molar-refractivity contribution is 0.412. The number of methoxy groups -OCH3 is 1. The van der Waals surface area contributed by atoms with Crippen molar-refractivity contribution in [2.24, 2.45) is 5.73 Å². The van der Waals surface area contributed by atoms with Gasteiger partial charge in [0.15, 0.2) is 0 Å². The predicted octanol–water partition coefficient (Wildman–Crippen LogP) is 3.34. The molecule has 2 rings (SSSR count). The summed E-state index contributed by atoms with van der Waals surface area (Å²) in [5.74, 6) is 0.601. The van der Waals surface area contributed by atoms with E-state index in [4.69, 9.17) is 10.5 Å². The summed E-state index contributed by atoms with van der Waals surface area (Å²) in [6.07, 6.45) is 1.34. The van der Waals surface area contributed by atoms with Crippen LogP contribution < -0.4 is 10.5 Å². The molecule has 0 aliphatic carbocycles. The molecule has 20 heavy (non-hydrogen) atoms. The van der Waals surface area contributed by atoms with E-state index in [9.17, 15) is 4.39 Å². The Morgan fingerprint density at radius 3 is 2.25 bits per heavy atom. The van der Waals surface area contributed by atoms with Crippen molar-refractivity contribution in [2.75, 3.05) is 7.11 Å². The van der Waals surface area contributed by atoms with E-state index in [1.54, 1.807) is 13.2 Å². The van der Waals surface area contributed by atoms with Crippen molar-refractivity contribution in [3.8, 4) is 5.75 Å². The summed E-state index contributed by atoms with van der Waals surface area (Å²) in [6.45, 7) is 1.98. The zero-order valence-electron chi connectivity index (χ0n) is 11.9. The highest BCUT2D eigenvalue weighted by Crippen LogP contribution is 2.20. The van der Waals surface area contributed by atoms with Crippen LogP contribution in [0.4, 0.5) is 4.39 Å². The molecule has 0 aliphatic rings. The molecule has 0 saturated carbocycles. The average molecular weight is 273 g/mol. The van der Waals surface area contributed by atoms with Crippen LogP contribution in [0.25, 0.3) is 0 Å². The van der Waals surface area contributed by atoms with E-state index in [0.717, 1.165) is 16.9 Å². The third-order valence-electron chi connectivity index (χ3n) is 3.24. The summed E-state index contributed by atoms with van der Waals surface area (Å²) in [6, 6.07) is 14.5. The molecule has 3 heteroatoms. The van der Waals surface area contributed by atoms with E-state index in [0.29, 0.717) is 12.8 Å². The fourth-order valence-electron chi connectivity index (χ4n) is 2.42. The lowest BCUT2D eigenvalue weighted by Gasteiger charge is -2.25. The first kappa shape index (κ1) is 14.5. The summed E-state index contributed by atoms with van der Waals surface area (Å²) in [7, 11) is 1.65. The first-order valence-electron chi connectivity index (χ1n) is 6.65. The Morgan fingerprint density at radius 1 is 1.05 bits per heavy atom. The van der Waals surface area contributed by atoms with Gasteiger partial charge in [-0.05, 0) is 55.2 Å². The van der Waals surface area contributed by atoms with Crippen LogP contribution in [0.1, 0.15) is 18.1 Å². The van der Waals surface area contributed by atoms with Gasteiger partial charge in [0.05, 0.1) is 7.11 Å². The van der Waals surface area contributed by atoms with Gasteiger partial charge in [-0.2, -0.15) is 0 Å². The Balaban J connectivity index is 2.10. The normalized spacial score (nSPS) is 13.8. The zero-order chi connectivity index (χ0) is 14.6. The Labute approximate surface area is 119 Å². The van der Waals surface area contributed by atoms with Gasteiger partial charge in [0.25, 0.3) is 0 Å². The van der Waals surface area contributed by atoms with Crippen LogP contribution in [0.2, 0.25) is 0 Å². The van der Waals surface area contributed by atoms with Crippen LogP contribution in [-0.4, -0.2) is 12.6 Å². The monoisotopic (exact) mass is 273 g/mol. The van der Waals surface area contributed by atoms with Crippen molar-refractivity contribution < 1.29 is 9.13 Å². The molecule has 2 aromatic carbocycles. The fraction of sp³-hybridized carbons (Fsp3) is 0.294. The Kier molecular flexibility index (Phi) is 4.40. The number of ether oxygens (including phenoxy) is 1. The van der Waals surface area contributed by atoms with Gasteiger partial charge in [-0.15, -0.1) is 0 Å². The first-order valence-corrected chi connectivity index (χ1v) is 6.65. The maximum Gasteiger partial charge on any atom is 0.123 e. The van der Waals surface area contributed by atoms with Crippen molar-refractivity contribution in [1.82, 2.24) is 0 Å². The van der Waals surface area contributed by atoms with Crippen LogP contribution in [0, 0.1) is 5.82 Å². The Hall–Kier alpha value is -1.87. The van der Waals surface area contributed by atoms with E-state index in [1.807, 2.05) is 37.3 Å². The second-order valence-electron chi connectivity index (χ2n) is 5.49. The zero-order valence-corrected chi connectivity index (χ0v) is 11.9. The highest BCUT2D eigenvalue weighted by Gasteiger charge is 2.20. The third-order valence-corrected chi connectivity index (χ3v) is 3.24. The van der Waals surface area contributed by atoms with E-state index in [2.05, 4.69) is 0 Å². The van der Waals surface area contributed by atoms with Gasteiger partial charge < -0.3 is 10.5 Å². The quantitative estimate of drug-likeness (QED) is 0.907. The minimum Gasteiger partial charge on any atom is -0.497 e. The van der Waals surface area contributed by atoms with Crippen molar-refractivity contribution in [3.05, 3.63) is 65.5 Å². The minimum atomic E-state index is -0.430. The van der Waals surface area contributed by atoms with Crippen LogP contribution in [0.5, 0.6) is 5.75 Å². The lowest BCUT2D eigenvalue weighted by atomic mass is 9.87. The number of halogens is 1. The molecule has 2 nitrogen and oxygen atoms in total. The molecule has 0 fully saturated rings. The topological polar surface area (TPSA) is 35.2 Å². The van der Waals surface area contributed by atoms with Crippen molar-refractivity contribution in [3.63, 3.8) is 0 Å². The molecule has 0 spiro atoms. The summed E-state index contributed by atoms with van der Waals surface area (Å²) in [5, 5.41) is 0. The number of hydrogen-bond donors (Lipinski definition) is 1. The van der Waals surface area contributed by atoms with Gasteiger partial charge in [-0.25, -0.2) is 4.39 Å². The molecule has 2 N–H and O–H groups in total. The average Bonchev–Trinajstić information content (AvgIpc) is 2.37. The second-order valence-corrected chi connectivity index (χ2v) is 5.49. The minimum absolute atomic E-state index is 0.223. The van der Waals surface area contributed by atoms with Crippen molar-refractivity contribution in [1.29, 1.82) is 0 Å². The van der Waals surface area contributed by atoms with E-state index < -0.39 is 5.54 Å². The molecular formula is C17H20FNO. The molecule has 2 aromatic rings. The lowest BCUT2D eigenvalue weighted by Crippen LogP contribution is -2.40. The van der Waals surface area contributed by atoms with E-state index in [-0.39, 0.29) is 5.82 Å². The van der Waals surface area contributed by atoms with Gasteiger partial charge in [-0.3, -0.25) is 0 Å². The molecule has 0 amide bonds. The van der Waals surface area contributed by atoms with Crippen LogP contribution >= 0.6 is 0 Å². The van der Waals surface area contributed by atoms with Gasteiger partial charge >= 0.3 is 0 Å². The largest absolute Gasteiger partial charge is 0.497 e. The van der Waals surface area contributed by atoms with Gasteiger partial charge in [0, 0.05) is 5.54 Å². The van der Waals surface area contributed by atoms with E-state index >= 15 is 0 Å². The molecule has 0 bridgehead atoms.